The second-order valence-corrected chi connectivity index (χ2v) is 1.66. The molecule has 0 saturated carbocycles. The van der Waals surface area contributed by atoms with Crippen LogP contribution in [0.25, 0.3) is 0 Å². The Balaban J connectivity index is 4.00. The van der Waals surface area contributed by atoms with Crippen LogP contribution in [0.4, 0.5) is 0 Å². The van der Waals surface area contributed by atoms with E-state index in [1.54, 1.807) is 13.1 Å². The third kappa shape index (κ3) is 4.81. The summed E-state index contributed by atoms with van der Waals surface area (Å²) in [6, 6.07) is 0. The molecule has 0 aliphatic heterocycles. The molecule has 50 valence electrons. The molecule has 0 spiro atoms. The van der Waals surface area contributed by atoms with Crippen LogP contribution in [0, 0.1) is 0 Å². The largest absolute Gasteiger partial charge is 0.509 e. The maximum Gasteiger partial charge on any atom is 0.110 e. The van der Waals surface area contributed by atoms with Crippen molar-refractivity contribution in [3.05, 3.63) is 24.1 Å². The summed E-state index contributed by atoms with van der Waals surface area (Å²) in [6.45, 7) is 6.89. The molecule has 0 amide bonds. The van der Waals surface area contributed by atoms with Crippen LogP contribution < -0.4 is 0 Å². The first-order valence-corrected chi connectivity index (χ1v) is 2.71. The van der Waals surface area contributed by atoms with Crippen molar-refractivity contribution in [2.24, 2.45) is 4.99 Å². The van der Waals surface area contributed by atoms with Gasteiger partial charge in [0.05, 0.1) is 0 Å². The van der Waals surface area contributed by atoms with Crippen molar-refractivity contribution >= 4 is 6.21 Å². The zero-order chi connectivity index (χ0) is 7.28. The van der Waals surface area contributed by atoms with Gasteiger partial charge in [-0.3, -0.25) is 4.99 Å². The van der Waals surface area contributed by atoms with E-state index >= 15 is 0 Å². The number of nitrogens with zero attached hydrogens (tertiary/aromatic N) is 1. The van der Waals surface area contributed by atoms with Gasteiger partial charge in [0.15, 0.2) is 0 Å². The van der Waals surface area contributed by atoms with Crippen molar-refractivity contribution in [3.63, 3.8) is 0 Å². The van der Waals surface area contributed by atoms with E-state index in [1.807, 2.05) is 6.92 Å². The van der Waals surface area contributed by atoms with Crippen molar-refractivity contribution < 1.29 is 5.11 Å². The van der Waals surface area contributed by atoms with Gasteiger partial charge in [-0.15, -0.1) is 0 Å². The number of aliphatic hydroxyl groups excluding tert-OH is 1. The number of rotatable bonds is 2. The minimum absolute atomic E-state index is 0.0399. The number of allylic oxidation sites excluding steroid dienone is 2. The summed E-state index contributed by atoms with van der Waals surface area (Å²) in [4.78, 5) is 3.88. The summed E-state index contributed by atoms with van der Waals surface area (Å²) in [5, 5.41) is 8.60. The molecule has 2 nitrogen and oxygen atoms in total. The maximum absolute atomic E-state index is 8.60. The lowest BCUT2D eigenvalue weighted by Crippen LogP contribution is -1.73. The molecule has 0 fully saturated rings. The van der Waals surface area contributed by atoms with E-state index in [0.717, 1.165) is 5.70 Å². The van der Waals surface area contributed by atoms with Crippen LogP contribution in [0.2, 0.25) is 0 Å². The summed E-state index contributed by atoms with van der Waals surface area (Å²) in [5.74, 6) is 0.0399. The Bertz CT molecular complexity index is 156. The van der Waals surface area contributed by atoms with Gasteiger partial charge in [0.2, 0.25) is 0 Å². The van der Waals surface area contributed by atoms with Crippen LogP contribution in [-0.4, -0.2) is 11.3 Å². The highest BCUT2D eigenvalue weighted by Gasteiger charge is 1.81. The third-order valence-corrected chi connectivity index (χ3v) is 0.708. The SMILES string of the molecule is C=C(O)/C=C(/C)N=CC. The molecule has 0 aromatic rings. The molecule has 0 aliphatic carbocycles. The van der Waals surface area contributed by atoms with E-state index in [1.165, 1.54) is 6.08 Å². The van der Waals surface area contributed by atoms with Gasteiger partial charge in [-0.2, -0.15) is 0 Å². The third-order valence-electron chi connectivity index (χ3n) is 0.708. The summed E-state index contributed by atoms with van der Waals surface area (Å²) >= 11 is 0. The molecule has 0 aromatic heterocycles. The van der Waals surface area contributed by atoms with Crippen LogP contribution in [0.5, 0.6) is 0 Å². The molecule has 0 atom stereocenters. The van der Waals surface area contributed by atoms with Gasteiger partial charge >= 0.3 is 0 Å². The van der Waals surface area contributed by atoms with Crippen molar-refractivity contribution in [1.29, 1.82) is 0 Å². The molecular formula is C7H11NO. The first-order chi connectivity index (χ1) is 4.16. The number of hydrogen-bond donors (Lipinski definition) is 1. The molecule has 0 unspecified atom stereocenters. The van der Waals surface area contributed by atoms with E-state index < -0.39 is 0 Å². The van der Waals surface area contributed by atoms with Gasteiger partial charge < -0.3 is 5.11 Å². The summed E-state index contributed by atoms with van der Waals surface area (Å²) in [6.07, 6.45) is 3.16. The Morgan fingerprint density at radius 2 is 2.22 bits per heavy atom. The van der Waals surface area contributed by atoms with Crippen molar-refractivity contribution in [2.45, 2.75) is 13.8 Å². The predicted molar refractivity (Wildman–Crippen MR) is 39.7 cm³/mol. The molecule has 0 rings (SSSR count). The van der Waals surface area contributed by atoms with Gasteiger partial charge in [-0.25, -0.2) is 0 Å². The van der Waals surface area contributed by atoms with Gasteiger partial charge in [0.1, 0.15) is 5.76 Å². The van der Waals surface area contributed by atoms with E-state index in [-0.39, 0.29) is 5.76 Å². The maximum atomic E-state index is 8.60. The number of aliphatic imine (C=N–C) groups is 1. The van der Waals surface area contributed by atoms with Crippen molar-refractivity contribution in [2.75, 3.05) is 0 Å². The predicted octanol–water partition coefficient (Wildman–Crippen LogP) is 2.05. The highest BCUT2D eigenvalue weighted by Crippen LogP contribution is 1.96. The smallest absolute Gasteiger partial charge is 0.110 e. The summed E-state index contributed by atoms with van der Waals surface area (Å²) in [7, 11) is 0. The normalized spacial score (nSPS) is 12.4. The van der Waals surface area contributed by atoms with Crippen LogP contribution >= 0.6 is 0 Å². The van der Waals surface area contributed by atoms with Crippen LogP contribution in [-0.2, 0) is 0 Å². The molecule has 0 aliphatic rings. The quantitative estimate of drug-likeness (QED) is 0.342. The van der Waals surface area contributed by atoms with E-state index in [4.69, 9.17) is 5.11 Å². The molecule has 0 saturated heterocycles. The van der Waals surface area contributed by atoms with E-state index in [9.17, 15) is 0 Å². The second-order valence-electron chi connectivity index (χ2n) is 1.66. The molecule has 0 radical (unpaired) electrons. The lowest BCUT2D eigenvalue weighted by molar-refractivity contribution is 0.434. The summed E-state index contributed by atoms with van der Waals surface area (Å²) in [5.41, 5.74) is 0.755. The fraction of sp³-hybridized carbons (Fsp3) is 0.286. The van der Waals surface area contributed by atoms with Crippen LogP contribution in [0.15, 0.2) is 29.1 Å². The monoisotopic (exact) mass is 125 g/mol. The van der Waals surface area contributed by atoms with E-state index in [0.29, 0.717) is 0 Å². The van der Waals surface area contributed by atoms with E-state index in [2.05, 4.69) is 11.6 Å². The van der Waals surface area contributed by atoms with Gasteiger partial charge in [0, 0.05) is 18.0 Å². The average molecular weight is 125 g/mol. The van der Waals surface area contributed by atoms with Crippen molar-refractivity contribution in [3.8, 4) is 0 Å². The Labute approximate surface area is 55.2 Å². The molecule has 0 heterocycles. The van der Waals surface area contributed by atoms with Crippen LogP contribution in [0.3, 0.4) is 0 Å². The highest BCUT2D eigenvalue weighted by atomic mass is 16.3. The fourth-order valence-electron chi connectivity index (χ4n) is 0.482. The Hall–Kier alpha value is -1.05. The minimum atomic E-state index is 0.0399. The topological polar surface area (TPSA) is 32.6 Å². The standard InChI is InChI=1S/C7H11NO/c1-4-8-6(2)5-7(3)9/h4-5,9H,3H2,1-2H3/b6-5-,8-4?. The van der Waals surface area contributed by atoms with Crippen LogP contribution in [0.1, 0.15) is 13.8 Å². The minimum Gasteiger partial charge on any atom is -0.509 e. The van der Waals surface area contributed by atoms with Gasteiger partial charge in [0.25, 0.3) is 0 Å². The Morgan fingerprint density at radius 1 is 1.67 bits per heavy atom. The summed E-state index contributed by atoms with van der Waals surface area (Å²) < 4.78 is 0. The average Bonchev–Trinajstić information content (AvgIpc) is 1.63. The first-order valence-electron chi connectivity index (χ1n) is 2.71. The Kier molecular flexibility index (Phi) is 3.44. The zero-order valence-corrected chi connectivity index (χ0v) is 5.76. The zero-order valence-electron chi connectivity index (χ0n) is 5.76. The van der Waals surface area contributed by atoms with Gasteiger partial charge in [-0.05, 0) is 13.8 Å². The van der Waals surface area contributed by atoms with Crippen molar-refractivity contribution in [1.82, 2.24) is 0 Å². The molecule has 9 heavy (non-hydrogen) atoms. The lowest BCUT2D eigenvalue weighted by Gasteiger charge is -1.88. The molecule has 2 heteroatoms. The first kappa shape index (κ1) is 7.95. The number of hydrogen-bond acceptors (Lipinski definition) is 2. The highest BCUT2D eigenvalue weighted by molar-refractivity contribution is 5.55. The number of aliphatic hydroxyl groups is 1. The fourth-order valence-corrected chi connectivity index (χ4v) is 0.482. The molecule has 1 N–H and O–H groups in total. The lowest BCUT2D eigenvalue weighted by atomic mass is 10.4. The molecule has 0 bridgehead atoms. The Morgan fingerprint density at radius 3 is 2.56 bits per heavy atom. The second kappa shape index (κ2) is 3.89. The molecular weight excluding hydrogens is 114 g/mol. The molecule has 0 aromatic carbocycles. The van der Waals surface area contributed by atoms with Gasteiger partial charge in [-0.1, -0.05) is 6.58 Å².